The van der Waals surface area contributed by atoms with Crippen LogP contribution in [0.15, 0.2) is 140 Å². The monoisotopic (exact) mass is 523 g/mol. The van der Waals surface area contributed by atoms with Gasteiger partial charge < -0.3 is 14.7 Å². The summed E-state index contributed by atoms with van der Waals surface area (Å²) >= 11 is 0. The summed E-state index contributed by atoms with van der Waals surface area (Å²) in [5.41, 5.74) is 16.4. The lowest BCUT2D eigenvalue weighted by Crippen LogP contribution is -2.64. The Labute approximate surface area is 240 Å². The Morgan fingerprint density at radius 2 is 0.683 bits per heavy atom. The van der Waals surface area contributed by atoms with E-state index in [0.717, 1.165) is 0 Å². The maximum absolute atomic E-state index is 2.48. The van der Waals surface area contributed by atoms with Crippen LogP contribution in [0.25, 0.3) is 0 Å². The van der Waals surface area contributed by atoms with Gasteiger partial charge in [-0.15, -0.1) is 0 Å². The number of aryl methyl sites for hydroxylation is 1. The Morgan fingerprint density at radius 1 is 0.366 bits per heavy atom. The summed E-state index contributed by atoms with van der Waals surface area (Å²) in [4.78, 5) is 7.42. The van der Waals surface area contributed by atoms with Crippen LogP contribution in [-0.4, -0.2) is 6.71 Å². The van der Waals surface area contributed by atoms with Gasteiger partial charge in [-0.25, -0.2) is 0 Å². The van der Waals surface area contributed by atoms with Crippen molar-refractivity contribution >= 4 is 74.3 Å². The summed E-state index contributed by atoms with van der Waals surface area (Å²) in [6, 6.07) is 50.8. The fraction of sp³-hybridized carbons (Fsp3) is 0.0270. The van der Waals surface area contributed by atoms with Crippen molar-refractivity contribution in [3.05, 3.63) is 145 Å². The van der Waals surface area contributed by atoms with Gasteiger partial charge in [0.15, 0.2) is 0 Å². The summed E-state index contributed by atoms with van der Waals surface area (Å²) < 4.78 is 0. The van der Waals surface area contributed by atoms with Crippen LogP contribution < -0.4 is 31.1 Å². The van der Waals surface area contributed by atoms with Crippen LogP contribution in [0, 0.1) is 6.92 Å². The van der Waals surface area contributed by atoms with Gasteiger partial charge in [0.05, 0.1) is 0 Å². The minimum Gasteiger partial charge on any atom is -0.311 e. The number of nitrogens with zero attached hydrogens (tertiary/aromatic N) is 3. The van der Waals surface area contributed by atoms with Gasteiger partial charge in [-0.05, 0) is 102 Å². The summed E-state index contributed by atoms with van der Waals surface area (Å²) in [7, 11) is 0. The molecular formula is C37H26BN3. The molecule has 0 bridgehead atoms. The Balaban J connectivity index is 1.45. The van der Waals surface area contributed by atoms with Gasteiger partial charge in [-0.2, -0.15) is 0 Å². The number of benzene rings is 6. The minimum atomic E-state index is 0.137. The van der Waals surface area contributed by atoms with E-state index in [2.05, 4.69) is 161 Å². The predicted octanol–water partition coefficient (Wildman–Crippen LogP) is 7.86. The highest BCUT2D eigenvalue weighted by atomic mass is 15.2. The lowest BCUT2D eigenvalue weighted by Gasteiger charge is -2.49. The van der Waals surface area contributed by atoms with E-state index in [0.29, 0.717) is 0 Å². The second-order valence-corrected chi connectivity index (χ2v) is 11.1. The maximum Gasteiger partial charge on any atom is 0.257 e. The van der Waals surface area contributed by atoms with E-state index >= 15 is 0 Å². The second kappa shape index (κ2) is 8.39. The highest BCUT2D eigenvalue weighted by molar-refractivity contribution is 7.02. The van der Waals surface area contributed by atoms with Crippen LogP contribution in [0.4, 0.5) is 51.2 Å². The zero-order valence-corrected chi connectivity index (χ0v) is 22.7. The lowest BCUT2D eigenvalue weighted by atomic mass is 9.31. The van der Waals surface area contributed by atoms with Crippen LogP contribution in [0.3, 0.4) is 0 Å². The highest BCUT2D eigenvalue weighted by Crippen LogP contribution is 2.49. The zero-order chi connectivity index (χ0) is 27.1. The van der Waals surface area contributed by atoms with E-state index in [4.69, 9.17) is 0 Å². The van der Waals surface area contributed by atoms with Crippen LogP contribution in [0.5, 0.6) is 0 Å². The molecule has 0 saturated heterocycles. The van der Waals surface area contributed by atoms with Gasteiger partial charge in [-0.3, -0.25) is 0 Å². The first-order valence-corrected chi connectivity index (χ1v) is 14.3. The average Bonchev–Trinajstić information content (AvgIpc) is 3.02. The van der Waals surface area contributed by atoms with Crippen LogP contribution >= 0.6 is 0 Å². The van der Waals surface area contributed by atoms with Crippen LogP contribution in [0.1, 0.15) is 5.56 Å². The predicted molar refractivity (Wildman–Crippen MR) is 173 cm³/mol. The molecule has 4 heteroatoms. The van der Waals surface area contributed by atoms with E-state index in [-0.39, 0.29) is 6.71 Å². The number of hydrogen-bond donors (Lipinski definition) is 0. The van der Waals surface area contributed by atoms with Crippen molar-refractivity contribution in [2.24, 2.45) is 0 Å². The molecular weight excluding hydrogens is 497 g/mol. The number of anilines is 9. The first-order chi connectivity index (χ1) is 20.3. The lowest BCUT2D eigenvalue weighted by molar-refractivity contribution is 1.21. The highest BCUT2D eigenvalue weighted by Gasteiger charge is 2.49. The molecule has 0 aliphatic carbocycles. The van der Waals surface area contributed by atoms with Gasteiger partial charge >= 0.3 is 0 Å². The van der Waals surface area contributed by atoms with Crippen molar-refractivity contribution in [3.63, 3.8) is 0 Å². The van der Waals surface area contributed by atoms with Crippen molar-refractivity contribution < 1.29 is 0 Å². The van der Waals surface area contributed by atoms with Gasteiger partial charge in [0.1, 0.15) is 0 Å². The molecule has 0 amide bonds. The van der Waals surface area contributed by atoms with Crippen molar-refractivity contribution in [2.45, 2.75) is 6.92 Å². The first-order valence-electron chi connectivity index (χ1n) is 14.3. The van der Waals surface area contributed by atoms with E-state index < -0.39 is 0 Å². The molecule has 6 aromatic carbocycles. The summed E-state index contributed by atoms with van der Waals surface area (Å²) in [5.74, 6) is 0. The molecule has 3 heterocycles. The van der Waals surface area contributed by atoms with Gasteiger partial charge in [0.2, 0.25) is 0 Å². The molecule has 0 spiro atoms. The molecule has 0 atom stereocenters. The zero-order valence-electron chi connectivity index (χ0n) is 22.7. The van der Waals surface area contributed by atoms with Crippen LogP contribution in [-0.2, 0) is 0 Å². The van der Waals surface area contributed by atoms with E-state index in [1.54, 1.807) is 0 Å². The van der Waals surface area contributed by atoms with Gasteiger partial charge in [0, 0.05) is 51.2 Å². The van der Waals surface area contributed by atoms with Crippen molar-refractivity contribution in [3.8, 4) is 0 Å². The fourth-order valence-corrected chi connectivity index (χ4v) is 7.27. The second-order valence-electron chi connectivity index (χ2n) is 11.1. The number of hydrogen-bond acceptors (Lipinski definition) is 3. The smallest absolute Gasteiger partial charge is 0.257 e. The third-order valence-electron chi connectivity index (χ3n) is 8.76. The van der Waals surface area contributed by atoms with E-state index in [9.17, 15) is 0 Å². The first kappa shape index (κ1) is 22.6. The third-order valence-corrected chi connectivity index (χ3v) is 8.76. The van der Waals surface area contributed by atoms with Crippen molar-refractivity contribution in [2.75, 3.05) is 14.7 Å². The number of rotatable bonds is 3. The van der Waals surface area contributed by atoms with Gasteiger partial charge in [0.25, 0.3) is 6.71 Å². The summed E-state index contributed by atoms with van der Waals surface area (Å²) in [5, 5.41) is 0. The standard InChI is InChI=1S/C37H26BN3/c1-25-23-33-37-34(24-25)41(28-17-9-4-10-18-28)32-22-12-20-30-36(32)38(37)35-29(39(30)26-13-5-2-6-14-26)19-11-21-31(35)40(33)27-15-7-3-8-16-27/h2-24H,1H3. The largest absolute Gasteiger partial charge is 0.311 e. The average molecular weight is 523 g/mol. The molecule has 0 unspecified atom stereocenters. The minimum absolute atomic E-state index is 0.137. The molecule has 3 nitrogen and oxygen atoms in total. The molecule has 3 aliphatic rings. The molecule has 0 radical (unpaired) electrons. The molecule has 41 heavy (non-hydrogen) atoms. The fourth-order valence-electron chi connectivity index (χ4n) is 7.27. The Morgan fingerprint density at radius 3 is 1.05 bits per heavy atom. The maximum atomic E-state index is 2.48. The topological polar surface area (TPSA) is 9.72 Å². The summed E-state index contributed by atoms with van der Waals surface area (Å²) in [6.45, 7) is 2.36. The summed E-state index contributed by atoms with van der Waals surface area (Å²) in [6.07, 6.45) is 0. The molecule has 0 N–H and O–H groups in total. The van der Waals surface area contributed by atoms with E-state index in [1.165, 1.54) is 73.1 Å². The molecule has 6 aromatic rings. The molecule has 0 aromatic heterocycles. The molecule has 3 aliphatic heterocycles. The quantitative estimate of drug-likeness (QED) is 0.218. The van der Waals surface area contributed by atoms with Crippen LogP contribution in [0.2, 0.25) is 0 Å². The third kappa shape index (κ3) is 3.05. The molecule has 9 rings (SSSR count). The normalized spacial score (nSPS) is 13.8. The molecule has 192 valence electrons. The Bertz CT molecular complexity index is 1850. The molecule has 0 fully saturated rings. The van der Waals surface area contributed by atoms with Gasteiger partial charge in [-0.1, -0.05) is 66.7 Å². The Kier molecular flexibility index (Phi) is 4.62. The molecule has 0 saturated carbocycles. The SMILES string of the molecule is Cc1cc2c3c(c1)N(c1ccccc1)c1cccc4c1B3c1c(cccc1N2c1ccccc1)N4c1ccccc1. The van der Waals surface area contributed by atoms with E-state index in [1.807, 2.05) is 0 Å². The Hall–Kier alpha value is -5.22. The van der Waals surface area contributed by atoms with Crippen molar-refractivity contribution in [1.82, 2.24) is 0 Å². The number of para-hydroxylation sites is 3. The van der Waals surface area contributed by atoms with Crippen molar-refractivity contribution in [1.29, 1.82) is 0 Å².